The quantitative estimate of drug-likeness (QED) is 0.499. The van der Waals surface area contributed by atoms with Crippen molar-refractivity contribution in [2.75, 3.05) is 0 Å². The number of rotatable bonds is 3. The lowest BCUT2D eigenvalue weighted by molar-refractivity contribution is -0.360. The molecule has 2 amide bonds. The number of aromatic amines is 1. The lowest BCUT2D eigenvalue weighted by atomic mass is 9.85. The molecule has 2 aromatic rings. The molecule has 6 atom stereocenters. The number of carbonyl (C=O) groups excluding carboxylic acids is 3. The lowest BCUT2D eigenvalue weighted by Gasteiger charge is -2.47. The molecule has 3 aliphatic heterocycles. The van der Waals surface area contributed by atoms with Gasteiger partial charge < -0.3 is 19.6 Å². The fourth-order valence-electron chi connectivity index (χ4n) is 5.83. The fourth-order valence-corrected chi connectivity index (χ4v) is 5.83. The zero-order chi connectivity index (χ0) is 24.9. The molecule has 2 fully saturated rings. The molecule has 186 valence electrons. The molecule has 1 aromatic heterocycles. The molecule has 5 rings (SSSR count). The summed E-state index contributed by atoms with van der Waals surface area (Å²) in [5.41, 5.74) is 0.789. The van der Waals surface area contributed by atoms with Crippen molar-refractivity contribution in [3.05, 3.63) is 53.3 Å². The second-order valence-corrected chi connectivity index (χ2v) is 10.2. The number of ketones is 1. The van der Waals surface area contributed by atoms with E-state index in [1.54, 1.807) is 37.4 Å². The van der Waals surface area contributed by atoms with Crippen LogP contribution in [0.25, 0.3) is 0 Å². The van der Waals surface area contributed by atoms with Gasteiger partial charge in [-0.15, -0.1) is 0 Å². The second kappa shape index (κ2) is 8.91. The second-order valence-electron chi connectivity index (χ2n) is 10.2. The Balaban J connectivity index is 1.66. The minimum atomic E-state index is -1.92. The third kappa shape index (κ3) is 3.79. The maximum atomic E-state index is 13.4. The normalized spacial score (nSPS) is 31.9. The standard InChI is InChI=1S/C27H32N2O6/c1-15-8-4-5-9-16(2)25(17(3)24(32)19-11-7-13-28-19)35-27-23-18(10-6-12-20(23)30)26(33)29(27)22(31)14-21(15)34-27/h6-7,10-13,15-17,21,25,28,30H,4-5,8-9,14H2,1-3H3. The van der Waals surface area contributed by atoms with Gasteiger partial charge in [0, 0.05) is 12.1 Å². The highest BCUT2D eigenvalue weighted by atomic mass is 16.7. The maximum Gasteiger partial charge on any atom is 0.294 e. The summed E-state index contributed by atoms with van der Waals surface area (Å²) in [6, 6.07) is 8.08. The van der Waals surface area contributed by atoms with Gasteiger partial charge >= 0.3 is 0 Å². The molecule has 0 radical (unpaired) electrons. The van der Waals surface area contributed by atoms with Crippen LogP contribution in [-0.2, 0) is 20.2 Å². The van der Waals surface area contributed by atoms with Crippen molar-refractivity contribution in [3.8, 4) is 5.75 Å². The van der Waals surface area contributed by atoms with Crippen molar-refractivity contribution < 1.29 is 29.0 Å². The number of aromatic nitrogens is 1. The topological polar surface area (TPSA) is 109 Å². The fraction of sp³-hybridized carbons (Fsp3) is 0.519. The minimum Gasteiger partial charge on any atom is -0.507 e. The first-order chi connectivity index (χ1) is 16.7. The summed E-state index contributed by atoms with van der Waals surface area (Å²) < 4.78 is 13.3. The molecule has 4 heterocycles. The van der Waals surface area contributed by atoms with Crippen molar-refractivity contribution in [2.45, 2.75) is 71.0 Å². The molecule has 0 aliphatic carbocycles. The smallest absolute Gasteiger partial charge is 0.294 e. The van der Waals surface area contributed by atoms with E-state index in [2.05, 4.69) is 4.98 Å². The Morgan fingerprint density at radius 3 is 2.57 bits per heavy atom. The summed E-state index contributed by atoms with van der Waals surface area (Å²) in [5.74, 6) is -3.79. The Morgan fingerprint density at radius 1 is 1.11 bits per heavy atom. The number of aromatic hydroxyl groups is 1. The van der Waals surface area contributed by atoms with Crippen LogP contribution in [-0.4, -0.2) is 44.8 Å². The van der Waals surface area contributed by atoms with E-state index in [1.807, 2.05) is 13.8 Å². The average molecular weight is 481 g/mol. The monoisotopic (exact) mass is 480 g/mol. The summed E-state index contributed by atoms with van der Waals surface area (Å²) in [6.07, 6.45) is 4.19. The molecule has 2 N–H and O–H groups in total. The summed E-state index contributed by atoms with van der Waals surface area (Å²) in [5, 5.41) is 10.9. The van der Waals surface area contributed by atoms with Gasteiger partial charge in [0.1, 0.15) is 5.75 Å². The van der Waals surface area contributed by atoms with Crippen molar-refractivity contribution in [2.24, 2.45) is 17.8 Å². The van der Waals surface area contributed by atoms with Crippen LogP contribution in [0.4, 0.5) is 0 Å². The van der Waals surface area contributed by atoms with E-state index in [0.29, 0.717) is 5.69 Å². The third-order valence-corrected chi connectivity index (χ3v) is 7.85. The number of hydrogen-bond donors (Lipinski definition) is 2. The average Bonchev–Trinajstić information content (AvgIpc) is 3.45. The van der Waals surface area contributed by atoms with Crippen LogP contribution in [0.2, 0.25) is 0 Å². The van der Waals surface area contributed by atoms with Crippen LogP contribution in [0.15, 0.2) is 36.5 Å². The van der Waals surface area contributed by atoms with Gasteiger partial charge in [-0.25, -0.2) is 4.90 Å². The minimum absolute atomic E-state index is 0.0522. The highest BCUT2D eigenvalue weighted by Crippen LogP contribution is 2.52. The molecule has 1 spiro atoms. The van der Waals surface area contributed by atoms with Crippen molar-refractivity contribution in [3.63, 3.8) is 0 Å². The molecule has 1 aromatic carbocycles. The molecular weight excluding hydrogens is 448 g/mol. The Morgan fingerprint density at radius 2 is 1.86 bits per heavy atom. The largest absolute Gasteiger partial charge is 0.507 e. The summed E-state index contributed by atoms with van der Waals surface area (Å²) in [7, 11) is 0. The summed E-state index contributed by atoms with van der Waals surface area (Å²) >= 11 is 0. The van der Waals surface area contributed by atoms with Gasteiger partial charge in [0.2, 0.25) is 5.91 Å². The number of nitrogens with zero attached hydrogens (tertiary/aromatic N) is 1. The number of amides is 2. The zero-order valence-electron chi connectivity index (χ0n) is 20.3. The van der Waals surface area contributed by atoms with E-state index in [0.717, 1.165) is 30.6 Å². The number of imide groups is 1. The molecule has 2 bridgehead atoms. The Bertz CT molecular complexity index is 1140. The van der Waals surface area contributed by atoms with Crippen LogP contribution < -0.4 is 0 Å². The first kappa shape index (κ1) is 23.8. The van der Waals surface area contributed by atoms with E-state index >= 15 is 0 Å². The Hall–Kier alpha value is -2.97. The highest BCUT2D eigenvalue weighted by molar-refractivity contribution is 6.10. The van der Waals surface area contributed by atoms with Crippen molar-refractivity contribution in [1.82, 2.24) is 9.88 Å². The molecule has 8 nitrogen and oxygen atoms in total. The van der Waals surface area contributed by atoms with Gasteiger partial charge in [-0.05, 0) is 48.9 Å². The van der Waals surface area contributed by atoms with Crippen LogP contribution in [0, 0.1) is 17.8 Å². The number of hydrogen-bond acceptors (Lipinski definition) is 6. The zero-order valence-corrected chi connectivity index (χ0v) is 20.3. The van der Waals surface area contributed by atoms with Crippen molar-refractivity contribution >= 4 is 17.6 Å². The summed E-state index contributed by atoms with van der Waals surface area (Å²) in [6.45, 7) is 5.87. The van der Waals surface area contributed by atoms with Crippen LogP contribution >= 0.6 is 0 Å². The maximum absolute atomic E-state index is 13.4. The highest BCUT2D eigenvalue weighted by Gasteiger charge is 2.62. The summed E-state index contributed by atoms with van der Waals surface area (Å²) in [4.78, 5) is 44.2. The van der Waals surface area contributed by atoms with Gasteiger partial charge in [0.15, 0.2) is 5.78 Å². The molecule has 3 aliphatic rings. The molecular formula is C27H32N2O6. The molecule has 0 saturated carbocycles. The number of carbonyl (C=O) groups is 3. The van der Waals surface area contributed by atoms with Gasteiger partial charge in [-0.1, -0.05) is 39.7 Å². The van der Waals surface area contributed by atoms with Crippen LogP contribution in [0.1, 0.15) is 79.3 Å². The predicted molar refractivity (Wildman–Crippen MR) is 126 cm³/mol. The van der Waals surface area contributed by atoms with Crippen LogP contribution in [0.3, 0.4) is 0 Å². The first-order valence-corrected chi connectivity index (χ1v) is 12.5. The first-order valence-electron chi connectivity index (χ1n) is 12.5. The lowest BCUT2D eigenvalue weighted by Crippen LogP contribution is -2.60. The molecule has 6 unspecified atom stereocenters. The van der Waals surface area contributed by atoms with E-state index in [1.165, 1.54) is 6.07 Å². The Labute approximate surface area is 204 Å². The predicted octanol–water partition coefficient (Wildman–Crippen LogP) is 4.35. The van der Waals surface area contributed by atoms with E-state index < -0.39 is 35.9 Å². The number of phenols is 1. The van der Waals surface area contributed by atoms with E-state index in [-0.39, 0.29) is 40.9 Å². The number of Topliss-reactive ketones (excluding diaryl/α,β-unsaturated/α-hetero) is 1. The number of ether oxygens (including phenoxy) is 2. The number of H-pyrrole nitrogens is 1. The number of nitrogens with one attached hydrogen (secondary N) is 1. The van der Waals surface area contributed by atoms with Gasteiger partial charge in [0.05, 0.1) is 35.4 Å². The number of phenolic OH excluding ortho intramolecular Hbond substituents is 1. The Kier molecular flexibility index (Phi) is 6.05. The number of benzene rings is 1. The van der Waals surface area contributed by atoms with Gasteiger partial charge in [-0.3, -0.25) is 14.4 Å². The molecule has 2 saturated heterocycles. The van der Waals surface area contributed by atoms with Gasteiger partial charge in [-0.2, -0.15) is 0 Å². The molecule has 8 heteroatoms. The number of fused-ring (bicyclic) bond motifs is 2. The molecule has 35 heavy (non-hydrogen) atoms. The SMILES string of the molecule is CC1CCCCC(C)C(C(C)C(=O)c2ccc[nH]2)OC23OC1CC(=O)N2C(=O)c1cccc(O)c13. The van der Waals surface area contributed by atoms with E-state index in [4.69, 9.17) is 9.47 Å². The van der Waals surface area contributed by atoms with E-state index in [9.17, 15) is 19.5 Å². The van der Waals surface area contributed by atoms with Crippen LogP contribution in [0.5, 0.6) is 5.75 Å². The third-order valence-electron chi connectivity index (χ3n) is 7.85. The van der Waals surface area contributed by atoms with Gasteiger partial charge in [0.25, 0.3) is 11.8 Å². The van der Waals surface area contributed by atoms with Crippen molar-refractivity contribution in [1.29, 1.82) is 0 Å².